The zero-order chi connectivity index (χ0) is 4.41. The second-order valence-corrected chi connectivity index (χ2v) is 4.08. The van der Waals surface area contributed by atoms with Crippen molar-refractivity contribution in [3.63, 3.8) is 0 Å². The van der Waals surface area contributed by atoms with Gasteiger partial charge in [-0.05, 0) is 11.8 Å². The lowest BCUT2D eigenvalue weighted by Gasteiger charge is -1.87. The molecule has 0 atom stereocenters. The highest BCUT2D eigenvalue weighted by atomic mass is 127. The zero-order valence-corrected chi connectivity index (χ0v) is 6.12. The Morgan fingerprint density at radius 2 is 2.67 bits per heavy atom. The van der Waals surface area contributed by atoms with Gasteiger partial charge in [0, 0.05) is 0 Å². The van der Waals surface area contributed by atoms with Crippen LogP contribution in [0.25, 0.3) is 0 Å². The van der Waals surface area contributed by atoms with Gasteiger partial charge in [-0.1, -0.05) is 28.7 Å². The maximum Gasteiger partial charge on any atom is 0.0990 e. The van der Waals surface area contributed by atoms with E-state index >= 15 is 0 Å². The van der Waals surface area contributed by atoms with Crippen molar-refractivity contribution >= 4 is 34.4 Å². The molecule has 0 spiro atoms. The van der Waals surface area contributed by atoms with Crippen LogP contribution in [0.4, 0.5) is 0 Å². The van der Waals surface area contributed by atoms with Crippen molar-refractivity contribution in [2.75, 3.05) is 0 Å². The van der Waals surface area contributed by atoms with E-state index in [4.69, 9.17) is 0 Å². The first-order valence-electron chi connectivity index (χ1n) is 1.72. The third-order valence-electron chi connectivity index (χ3n) is 0.570. The first-order chi connectivity index (χ1) is 2.89. The molecular weight excluding hydrogens is 207 g/mol. The van der Waals surface area contributed by atoms with E-state index in [1.807, 2.05) is 11.8 Å². The van der Waals surface area contributed by atoms with Gasteiger partial charge in [0.25, 0.3) is 0 Å². The predicted octanol–water partition coefficient (Wildman–Crippen LogP) is 2.56. The van der Waals surface area contributed by atoms with Gasteiger partial charge < -0.3 is 0 Å². The van der Waals surface area contributed by atoms with Crippen LogP contribution in [0.2, 0.25) is 0 Å². The SMILES string of the molecule is I[C]1CC=CS1. The van der Waals surface area contributed by atoms with Crippen molar-refractivity contribution in [1.82, 2.24) is 0 Å². The summed E-state index contributed by atoms with van der Waals surface area (Å²) in [6.07, 6.45) is 3.34. The Labute approximate surface area is 55.5 Å². The summed E-state index contributed by atoms with van der Waals surface area (Å²) in [6, 6.07) is 0. The Kier molecular flexibility index (Phi) is 1.83. The van der Waals surface area contributed by atoms with Gasteiger partial charge in [-0.3, -0.25) is 0 Å². The maximum atomic E-state index is 2.35. The number of hydrogen-bond acceptors (Lipinski definition) is 1. The first-order valence-corrected chi connectivity index (χ1v) is 3.68. The molecule has 0 unspecified atom stereocenters. The minimum absolute atomic E-state index is 1.17. The van der Waals surface area contributed by atoms with E-state index in [-0.39, 0.29) is 0 Å². The molecule has 0 nitrogen and oxygen atoms in total. The average molecular weight is 211 g/mol. The monoisotopic (exact) mass is 211 g/mol. The fourth-order valence-corrected chi connectivity index (χ4v) is 1.54. The highest BCUT2D eigenvalue weighted by molar-refractivity contribution is 14.1. The van der Waals surface area contributed by atoms with Gasteiger partial charge in [0.1, 0.15) is 0 Å². The van der Waals surface area contributed by atoms with E-state index in [2.05, 4.69) is 34.1 Å². The van der Waals surface area contributed by atoms with Crippen LogP contribution in [0.3, 0.4) is 0 Å². The van der Waals surface area contributed by atoms with Gasteiger partial charge in [-0.2, -0.15) is 0 Å². The molecule has 0 bridgehead atoms. The Morgan fingerprint density at radius 3 is 2.83 bits per heavy atom. The molecule has 1 radical (unpaired) electrons. The maximum absolute atomic E-state index is 2.35. The lowest BCUT2D eigenvalue weighted by atomic mass is 10.5. The first kappa shape index (κ1) is 4.97. The van der Waals surface area contributed by atoms with Crippen LogP contribution in [-0.4, -0.2) is 0 Å². The van der Waals surface area contributed by atoms with Crippen molar-refractivity contribution in [2.45, 2.75) is 6.42 Å². The van der Waals surface area contributed by atoms with E-state index < -0.39 is 0 Å². The summed E-state index contributed by atoms with van der Waals surface area (Å²) in [7, 11) is 0. The molecule has 2 heteroatoms. The summed E-state index contributed by atoms with van der Waals surface area (Å²) in [5, 5.41) is 2.13. The molecule has 0 fully saturated rings. The van der Waals surface area contributed by atoms with E-state index in [9.17, 15) is 0 Å². The fraction of sp³-hybridized carbons (Fsp3) is 0.250. The van der Waals surface area contributed by atoms with Gasteiger partial charge in [0.05, 0.1) is 3.26 Å². The summed E-state index contributed by atoms with van der Waals surface area (Å²) in [5.41, 5.74) is 0. The highest BCUT2D eigenvalue weighted by Crippen LogP contribution is 2.36. The molecule has 0 N–H and O–H groups in total. The Balaban J connectivity index is 2.32. The van der Waals surface area contributed by atoms with Gasteiger partial charge in [-0.15, -0.1) is 11.8 Å². The van der Waals surface area contributed by atoms with Gasteiger partial charge in [0.15, 0.2) is 0 Å². The summed E-state index contributed by atoms with van der Waals surface area (Å²) in [5.74, 6) is 0. The molecule has 1 heterocycles. The fourth-order valence-electron chi connectivity index (χ4n) is 0.311. The molecule has 0 aromatic rings. The molecule has 0 aliphatic carbocycles. The Morgan fingerprint density at radius 1 is 1.83 bits per heavy atom. The van der Waals surface area contributed by atoms with E-state index in [1.54, 1.807) is 0 Å². The highest BCUT2D eigenvalue weighted by Gasteiger charge is 2.04. The molecule has 33 valence electrons. The molecular formula is C4H4IS. The molecule has 1 rings (SSSR count). The van der Waals surface area contributed by atoms with Gasteiger partial charge >= 0.3 is 0 Å². The molecule has 0 saturated heterocycles. The Hall–Kier alpha value is 0.820. The molecule has 0 saturated carbocycles. The summed E-state index contributed by atoms with van der Waals surface area (Å²) in [6.45, 7) is 0. The summed E-state index contributed by atoms with van der Waals surface area (Å²) >= 11 is 4.17. The molecule has 0 aromatic heterocycles. The van der Waals surface area contributed by atoms with Crippen LogP contribution < -0.4 is 0 Å². The molecule has 0 aromatic carbocycles. The van der Waals surface area contributed by atoms with E-state index in [0.29, 0.717) is 0 Å². The zero-order valence-electron chi connectivity index (χ0n) is 3.15. The van der Waals surface area contributed by atoms with Gasteiger partial charge in [0.2, 0.25) is 0 Å². The minimum Gasteiger partial charge on any atom is -0.114 e. The van der Waals surface area contributed by atoms with Crippen molar-refractivity contribution in [3.05, 3.63) is 14.7 Å². The third kappa shape index (κ3) is 1.15. The smallest absolute Gasteiger partial charge is 0.0990 e. The van der Waals surface area contributed by atoms with Crippen LogP contribution in [0.1, 0.15) is 6.42 Å². The van der Waals surface area contributed by atoms with Crippen LogP contribution in [0, 0.1) is 3.26 Å². The van der Waals surface area contributed by atoms with E-state index in [0.717, 1.165) is 0 Å². The molecule has 1 aliphatic heterocycles. The standard InChI is InChI=1S/C4H4IS/c5-4-2-1-3-6-4/h1,3H,2H2. The van der Waals surface area contributed by atoms with Crippen LogP contribution in [0.15, 0.2) is 11.5 Å². The third-order valence-corrected chi connectivity index (χ3v) is 2.52. The van der Waals surface area contributed by atoms with Crippen molar-refractivity contribution in [3.8, 4) is 0 Å². The Bertz CT molecular complexity index is 61.9. The normalized spacial score (nSPS) is 22.8. The summed E-state index contributed by atoms with van der Waals surface area (Å²) < 4.78 is 1.48. The number of allylic oxidation sites excluding steroid dienone is 1. The number of hydrogen-bond donors (Lipinski definition) is 0. The largest absolute Gasteiger partial charge is 0.114 e. The predicted molar refractivity (Wildman–Crippen MR) is 38.6 cm³/mol. The van der Waals surface area contributed by atoms with Crippen LogP contribution in [0.5, 0.6) is 0 Å². The lowest BCUT2D eigenvalue weighted by Crippen LogP contribution is -1.61. The average Bonchev–Trinajstić information content (AvgIpc) is 1.86. The van der Waals surface area contributed by atoms with Crippen LogP contribution in [-0.2, 0) is 0 Å². The number of thioether (sulfide) groups is 1. The topological polar surface area (TPSA) is 0 Å². The molecule has 1 aliphatic rings. The van der Waals surface area contributed by atoms with Gasteiger partial charge in [-0.25, -0.2) is 0 Å². The summed E-state index contributed by atoms with van der Waals surface area (Å²) in [4.78, 5) is 0. The lowest BCUT2D eigenvalue weighted by molar-refractivity contribution is 1.38. The minimum atomic E-state index is 1.17. The van der Waals surface area contributed by atoms with Crippen molar-refractivity contribution in [1.29, 1.82) is 0 Å². The van der Waals surface area contributed by atoms with Crippen molar-refractivity contribution in [2.24, 2.45) is 0 Å². The van der Waals surface area contributed by atoms with Crippen molar-refractivity contribution < 1.29 is 0 Å². The molecule has 6 heavy (non-hydrogen) atoms. The number of rotatable bonds is 0. The van der Waals surface area contributed by atoms with Crippen LogP contribution >= 0.6 is 34.4 Å². The quantitative estimate of drug-likeness (QED) is 0.555. The second-order valence-electron chi connectivity index (χ2n) is 1.05. The van der Waals surface area contributed by atoms with E-state index in [1.165, 1.54) is 9.68 Å². The number of halogens is 1. The molecule has 0 amide bonds. The second kappa shape index (κ2) is 2.21.